The highest BCUT2D eigenvalue weighted by atomic mass is 32.2. The average Bonchev–Trinajstić information content (AvgIpc) is 2.56. The van der Waals surface area contributed by atoms with E-state index in [1.54, 1.807) is 23.9 Å². The fourth-order valence-corrected chi connectivity index (χ4v) is 2.50. The van der Waals surface area contributed by atoms with Crippen molar-refractivity contribution in [3.8, 4) is 11.5 Å². The van der Waals surface area contributed by atoms with Gasteiger partial charge in [-0.05, 0) is 48.5 Å². The van der Waals surface area contributed by atoms with E-state index in [1.807, 2.05) is 12.1 Å². The zero-order chi connectivity index (χ0) is 16.5. The highest BCUT2D eigenvalue weighted by Gasteiger charge is 2.06. The zero-order valence-electron chi connectivity index (χ0n) is 12.5. The Balaban J connectivity index is 1.54. The van der Waals surface area contributed by atoms with Gasteiger partial charge in [0.2, 0.25) is 0 Å². The molecule has 0 aliphatic carbocycles. The third kappa shape index (κ3) is 6.22. The normalized spacial score (nSPS) is 10.4. The number of hydrogen-bond donors (Lipinski definition) is 2. The van der Waals surface area contributed by atoms with E-state index in [0.717, 1.165) is 10.6 Å². The van der Waals surface area contributed by atoms with Gasteiger partial charge in [-0.1, -0.05) is 0 Å². The lowest BCUT2D eigenvalue weighted by Crippen LogP contribution is -2.11. The topological polar surface area (TPSA) is 76.0 Å². The lowest BCUT2D eigenvalue weighted by atomic mass is 10.2. The maximum absolute atomic E-state index is 11.7. The summed E-state index contributed by atoms with van der Waals surface area (Å²) in [6.07, 6.45) is 0. The molecule has 0 atom stereocenters. The van der Waals surface area contributed by atoms with Crippen molar-refractivity contribution in [3.05, 3.63) is 54.1 Å². The van der Waals surface area contributed by atoms with E-state index >= 15 is 0 Å². The van der Waals surface area contributed by atoms with Crippen LogP contribution in [0.3, 0.4) is 0 Å². The van der Waals surface area contributed by atoms with Crippen LogP contribution in [0.4, 0.5) is 0 Å². The van der Waals surface area contributed by atoms with Gasteiger partial charge in [0.15, 0.2) is 0 Å². The first-order valence-electron chi connectivity index (χ1n) is 7.11. The highest BCUT2D eigenvalue weighted by molar-refractivity contribution is 7.99. The summed E-state index contributed by atoms with van der Waals surface area (Å²) >= 11 is 1.62. The maximum atomic E-state index is 11.7. The minimum absolute atomic E-state index is 0.107. The Labute approximate surface area is 138 Å². The van der Waals surface area contributed by atoms with Crippen LogP contribution >= 0.6 is 11.8 Å². The molecule has 0 aromatic heterocycles. The molecule has 0 bridgehead atoms. The largest absolute Gasteiger partial charge is 0.508 e. The van der Waals surface area contributed by atoms with E-state index in [1.165, 1.54) is 24.3 Å². The molecule has 0 radical (unpaired) electrons. The molecule has 0 fully saturated rings. The van der Waals surface area contributed by atoms with Crippen molar-refractivity contribution >= 4 is 17.7 Å². The molecule has 2 N–H and O–H groups in total. The quantitative estimate of drug-likeness (QED) is 0.439. The number of hydrogen-bond acceptors (Lipinski definition) is 6. The first-order valence-corrected chi connectivity index (χ1v) is 8.09. The molecular formula is C17H18O5S. The van der Waals surface area contributed by atoms with E-state index < -0.39 is 5.97 Å². The first kappa shape index (κ1) is 17.2. The Hall–Kier alpha value is -2.18. The Morgan fingerprint density at radius 2 is 1.48 bits per heavy atom. The Bertz CT molecular complexity index is 610. The molecule has 2 aromatic rings. The van der Waals surface area contributed by atoms with Crippen LogP contribution in [0.1, 0.15) is 10.4 Å². The average molecular weight is 334 g/mol. The van der Waals surface area contributed by atoms with Crippen LogP contribution in [-0.4, -0.2) is 41.8 Å². The summed E-state index contributed by atoms with van der Waals surface area (Å²) in [5.74, 6) is 0.695. The second-order valence-corrected chi connectivity index (χ2v) is 5.81. The number of thioether (sulfide) groups is 1. The number of carbonyl (C=O) groups is 1. The van der Waals surface area contributed by atoms with Crippen molar-refractivity contribution in [3.63, 3.8) is 0 Å². The number of phenolic OH excluding ortho intramolecular Hbond substituents is 2. The van der Waals surface area contributed by atoms with Crippen LogP contribution in [0, 0.1) is 0 Å². The molecule has 0 saturated carbocycles. The molecule has 23 heavy (non-hydrogen) atoms. The summed E-state index contributed by atoms with van der Waals surface area (Å²) in [6.45, 7) is 1.06. The molecular weight excluding hydrogens is 316 g/mol. The molecule has 5 nitrogen and oxygen atoms in total. The van der Waals surface area contributed by atoms with E-state index in [4.69, 9.17) is 14.6 Å². The number of ether oxygens (including phenoxy) is 2. The van der Waals surface area contributed by atoms with Gasteiger partial charge in [-0.15, -0.1) is 11.8 Å². The van der Waals surface area contributed by atoms with Crippen LogP contribution < -0.4 is 0 Å². The van der Waals surface area contributed by atoms with Crippen molar-refractivity contribution in [1.82, 2.24) is 0 Å². The molecule has 0 aliphatic heterocycles. The van der Waals surface area contributed by atoms with Crippen LogP contribution in [0.15, 0.2) is 53.4 Å². The van der Waals surface area contributed by atoms with Crippen LogP contribution in [0.25, 0.3) is 0 Å². The highest BCUT2D eigenvalue weighted by Crippen LogP contribution is 2.20. The standard InChI is InChI=1S/C17H18O5S/c18-14-3-1-13(2-4-14)17(20)22-10-9-21-11-12-23-16-7-5-15(19)6-8-16/h1-8,18-19H,9-12H2. The van der Waals surface area contributed by atoms with Gasteiger partial charge in [0.05, 0.1) is 18.8 Å². The summed E-state index contributed by atoms with van der Waals surface area (Å²) in [6, 6.07) is 12.9. The maximum Gasteiger partial charge on any atom is 0.338 e. The van der Waals surface area contributed by atoms with Crippen molar-refractivity contribution < 1.29 is 24.5 Å². The third-order valence-electron chi connectivity index (χ3n) is 2.90. The third-order valence-corrected chi connectivity index (χ3v) is 3.87. The summed E-state index contributed by atoms with van der Waals surface area (Å²) in [7, 11) is 0. The first-order chi connectivity index (χ1) is 11.1. The van der Waals surface area contributed by atoms with E-state index in [2.05, 4.69) is 0 Å². The number of esters is 1. The Morgan fingerprint density at radius 1 is 0.870 bits per heavy atom. The number of aromatic hydroxyl groups is 2. The summed E-state index contributed by atoms with van der Waals surface area (Å²) < 4.78 is 10.5. The molecule has 0 saturated heterocycles. The van der Waals surface area contributed by atoms with E-state index in [9.17, 15) is 9.90 Å². The van der Waals surface area contributed by atoms with Crippen LogP contribution in [0.2, 0.25) is 0 Å². The van der Waals surface area contributed by atoms with Gasteiger partial charge in [0.25, 0.3) is 0 Å². The molecule has 0 heterocycles. The van der Waals surface area contributed by atoms with Crippen molar-refractivity contribution in [2.75, 3.05) is 25.6 Å². The van der Waals surface area contributed by atoms with Gasteiger partial charge >= 0.3 is 5.97 Å². The van der Waals surface area contributed by atoms with E-state index in [0.29, 0.717) is 18.8 Å². The van der Waals surface area contributed by atoms with Gasteiger partial charge in [-0.2, -0.15) is 0 Å². The smallest absolute Gasteiger partial charge is 0.338 e. The molecule has 122 valence electrons. The Kier molecular flexibility index (Phi) is 6.77. The summed E-state index contributed by atoms with van der Waals surface area (Å²) in [4.78, 5) is 12.7. The van der Waals surface area contributed by atoms with Crippen molar-refractivity contribution in [2.45, 2.75) is 4.90 Å². The molecule has 0 spiro atoms. The molecule has 2 aromatic carbocycles. The lowest BCUT2D eigenvalue weighted by molar-refractivity contribution is 0.0339. The molecule has 0 amide bonds. The van der Waals surface area contributed by atoms with Gasteiger partial charge in [-0.3, -0.25) is 0 Å². The molecule has 0 unspecified atom stereocenters. The SMILES string of the molecule is O=C(OCCOCCSc1ccc(O)cc1)c1ccc(O)cc1. The molecule has 0 aliphatic rings. The number of carbonyl (C=O) groups excluding carboxylic acids is 1. The fourth-order valence-electron chi connectivity index (χ4n) is 1.74. The summed E-state index contributed by atoms with van der Waals surface area (Å²) in [5, 5.41) is 18.3. The molecule has 2 rings (SSSR count). The minimum Gasteiger partial charge on any atom is -0.508 e. The van der Waals surface area contributed by atoms with Gasteiger partial charge in [0, 0.05) is 10.6 Å². The minimum atomic E-state index is -0.438. The second kappa shape index (κ2) is 9.07. The van der Waals surface area contributed by atoms with Crippen molar-refractivity contribution in [1.29, 1.82) is 0 Å². The fraction of sp³-hybridized carbons (Fsp3) is 0.235. The van der Waals surface area contributed by atoms with Gasteiger partial charge in [0.1, 0.15) is 18.1 Å². The summed E-state index contributed by atoms with van der Waals surface area (Å²) in [5.41, 5.74) is 0.394. The predicted molar refractivity (Wildman–Crippen MR) is 88.0 cm³/mol. The number of benzene rings is 2. The predicted octanol–water partition coefficient (Wildman–Crippen LogP) is 3.06. The van der Waals surface area contributed by atoms with E-state index in [-0.39, 0.29) is 18.1 Å². The van der Waals surface area contributed by atoms with Crippen molar-refractivity contribution in [2.24, 2.45) is 0 Å². The zero-order valence-corrected chi connectivity index (χ0v) is 13.3. The number of phenols is 2. The van der Waals surface area contributed by atoms with Gasteiger partial charge in [-0.25, -0.2) is 4.79 Å². The Morgan fingerprint density at radius 3 is 2.13 bits per heavy atom. The lowest BCUT2D eigenvalue weighted by Gasteiger charge is -2.06. The number of rotatable bonds is 8. The van der Waals surface area contributed by atoms with Crippen LogP contribution in [0.5, 0.6) is 11.5 Å². The molecule has 6 heteroatoms. The monoisotopic (exact) mass is 334 g/mol. The van der Waals surface area contributed by atoms with Crippen LogP contribution in [-0.2, 0) is 9.47 Å². The second-order valence-electron chi connectivity index (χ2n) is 4.64. The van der Waals surface area contributed by atoms with Gasteiger partial charge < -0.3 is 19.7 Å².